The first-order valence-electron chi connectivity index (χ1n) is 12.7. The molecule has 3 aliphatic heterocycles. The molecule has 36 heavy (non-hydrogen) atoms. The van der Waals surface area contributed by atoms with Gasteiger partial charge in [0.2, 0.25) is 0 Å². The highest BCUT2D eigenvalue weighted by molar-refractivity contribution is 6.09. The molecule has 1 fully saturated rings. The summed E-state index contributed by atoms with van der Waals surface area (Å²) in [6.45, 7) is 5.69. The first-order valence-corrected chi connectivity index (χ1v) is 12.7. The van der Waals surface area contributed by atoms with Crippen LogP contribution in [0.25, 0.3) is 11.1 Å². The quantitative estimate of drug-likeness (QED) is 0.507. The van der Waals surface area contributed by atoms with Crippen molar-refractivity contribution in [1.82, 2.24) is 4.90 Å². The van der Waals surface area contributed by atoms with Crippen molar-refractivity contribution in [3.05, 3.63) is 66.2 Å². The first kappa shape index (κ1) is 22.7. The van der Waals surface area contributed by atoms with Crippen LogP contribution in [0.15, 0.2) is 60.7 Å². The van der Waals surface area contributed by atoms with E-state index >= 15 is 0 Å². The van der Waals surface area contributed by atoms with Gasteiger partial charge in [0.05, 0.1) is 17.8 Å². The lowest BCUT2D eigenvalue weighted by Crippen LogP contribution is -2.38. The second-order valence-corrected chi connectivity index (χ2v) is 9.56. The monoisotopic (exact) mass is 485 g/mol. The molecule has 186 valence electrons. The van der Waals surface area contributed by atoms with Gasteiger partial charge in [0.1, 0.15) is 30.5 Å². The first-order chi connectivity index (χ1) is 17.7. The minimum Gasteiger partial charge on any atom is -0.492 e. The molecule has 0 bridgehead atoms. The van der Waals surface area contributed by atoms with E-state index in [9.17, 15) is 4.79 Å². The fourth-order valence-corrected chi connectivity index (χ4v) is 5.09. The van der Waals surface area contributed by atoms with Crippen LogP contribution in [0.5, 0.6) is 17.2 Å². The summed E-state index contributed by atoms with van der Waals surface area (Å²) in [5.41, 5.74) is 4.46. The number of benzene rings is 3. The average molecular weight is 486 g/mol. The lowest BCUT2D eigenvalue weighted by atomic mass is 10.0. The van der Waals surface area contributed by atoms with Crippen LogP contribution >= 0.6 is 0 Å². The number of nitrogens with zero attached hydrogens (tertiary/aromatic N) is 3. The fourth-order valence-electron chi connectivity index (χ4n) is 5.09. The van der Waals surface area contributed by atoms with E-state index in [-0.39, 0.29) is 12.6 Å². The minimum atomic E-state index is -0.0686. The summed E-state index contributed by atoms with van der Waals surface area (Å²) in [6, 6.07) is 19.6. The van der Waals surface area contributed by atoms with Crippen molar-refractivity contribution in [3.63, 3.8) is 0 Å². The Hall–Kier alpha value is -3.71. The Balaban J connectivity index is 1.14. The van der Waals surface area contributed by atoms with Crippen LogP contribution < -0.4 is 24.0 Å². The molecule has 0 N–H and O–H groups in total. The summed E-state index contributed by atoms with van der Waals surface area (Å²) >= 11 is 0. The number of likely N-dealkylation sites (N-methyl/N-ethyl adjacent to an activating group) is 1. The number of carbonyl (C=O) groups is 1. The van der Waals surface area contributed by atoms with Crippen molar-refractivity contribution in [2.75, 3.05) is 63.0 Å². The molecule has 1 saturated heterocycles. The maximum absolute atomic E-state index is 13.3. The van der Waals surface area contributed by atoms with Crippen molar-refractivity contribution in [3.8, 4) is 28.4 Å². The Morgan fingerprint density at radius 3 is 2.42 bits per heavy atom. The highest BCUT2D eigenvalue weighted by Crippen LogP contribution is 2.37. The number of anilines is 2. The van der Waals surface area contributed by atoms with Gasteiger partial charge in [-0.1, -0.05) is 12.1 Å². The molecule has 7 nitrogen and oxygen atoms in total. The number of likely N-dealkylation sites (tertiary alicyclic amines) is 1. The van der Waals surface area contributed by atoms with Crippen LogP contribution in [0.3, 0.4) is 0 Å². The Bertz CT molecular complexity index is 1250. The largest absolute Gasteiger partial charge is 0.492 e. The second kappa shape index (κ2) is 9.74. The van der Waals surface area contributed by atoms with E-state index < -0.39 is 0 Å². The van der Waals surface area contributed by atoms with Gasteiger partial charge in [0.15, 0.2) is 6.73 Å². The molecule has 1 amide bonds. The average Bonchev–Trinajstić information content (AvgIpc) is 3.43. The highest BCUT2D eigenvalue weighted by atomic mass is 16.5. The van der Waals surface area contributed by atoms with Crippen molar-refractivity contribution < 1.29 is 19.0 Å². The zero-order valence-electron chi connectivity index (χ0n) is 20.6. The Labute approximate surface area is 211 Å². The van der Waals surface area contributed by atoms with Crippen LogP contribution in [0.2, 0.25) is 0 Å². The van der Waals surface area contributed by atoms with E-state index in [2.05, 4.69) is 35.0 Å². The Morgan fingerprint density at radius 1 is 0.861 bits per heavy atom. The van der Waals surface area contributed by atoms with Crippen molar-refractivity contribution >= 4 is 17.3 Å². The predicted octanol–water partition coefficient (Wildman–Crippen LogP) is 4.65. The zero-order chi connectivity index (χ0) is 24.5. The molecule has 0 aromatic heterocycles. The van der Waals surface area contributed by atoms with Crippen LogP contribution in [0.1, 0.15) is 23.2 Å². The molecule has 0 radical (unpaired) electrons. The Kier molecular flexibility index (Phi) is 6.15. The van der Waals surface area contributed by atoms with Gasteiger partial charge in [-0.3, -0.25) is 14.6 Å². The maximum Gasteiger partial charge on any atom is 0.264 e. The van der Waals surface area contributed by atoms with Crippen LogP contribution in [0.4, 0.5) is 11.4 Å². The van der Waals surface area contributed by atoms with Gasteiger partial charge >= 0.3 is 0 Å². The summed E-state index contributed by atoms with van der Waals surface area (Å²) in [5.74, 6) is 2.23. The zero-order valence-corrected chi connectivity index (χ0v) is 20.6. The number of fused-ring (bicyclic) bond motifs is 2. The van der Waals surface area contributed by atoms with Gasteiger partial charge in [-0.05, 0) is 85.6 Å². The summed E-state index contributed by atoms with van der Waals surface area (Å²) in [4.78, 5) is 19.6. The minimum absolute atomic E-state index is 0.0686. The molecule has 0 spiro atoms. The van der Waals surface area contributed by atoms with Crippen LogP contribution in [-0.4, -0.2) is 64.0 Å². The van der Waals surface area contributed by atoms with E-state index in [1.54, 1.807) is 4.90 Å². The van der Waals surface area contributed by atoms with Crippen molar-refractivity contribution in [1.29, 1.82) is 0 Å². The third kappa shape index (κ3) is 4.46. The van der Waals surface area contributed by atoms with Crippen LogP contribution in [-0.2, 0) is 0 Å². The molecule has 0 unspecified atom stereocenters. The molecule has 3 heterocycles. The van der Waals surface area contributed by atoms with Gasteiger partial charge < -0.3 is 19.1 Å². The number of hydrogen-bond donors (Lipinski definition) is 0. The van der Waals surface area contributed by atoms with E-state index in [1.807, 2.05) is 42.5 Å². The second-order valence-electron chi connectivity index (χ2n) is 9.56. The number of hydrogen-bond acceptors (Lipinski definition) is 6. The van der Waals surface area contributed by atoms with Gasteiger partial charge in [-0.15, -0.1) is 0 Å². The maximum atomic E-state index is 13.3. The summed E-state index contributed by atoms with van der Waals surface area (Å²) in [5, 5.41) is 0. The topological polar surface area (TPSA) is 54.5 Å². The van der Waals surface area contributed by atoms with E-state index in [1.165, 1.54) is 25.9 Å². The van der Waals surface area contributed by atoms with Gasteiger partial charge in [0, 0.05) is 19.3 Å². The Morgan fingerprint density at radius 2 is 1.61 bits per heavy atom. The summed E-state index contributed by atoms with van der Waals surface area (Å²) < 4.78 is 17.8. The lowest BCUT2D eigenvalue weighted by molar-refractivity contribution is 0.0937. The molecule has 3 aromatic carbocycles. The number of amides is 1. The van der Waals surface area contributed by atoms with Gasteiger partial charge in [-0.25, -0.2) is 0 Å². The molecule has 3 aromatic rings. The van der Waals surface area contributed by atoms with Gasteiger partial charge in [0.25, 0.3) is 5.91 Å². The third-order valence-electron chi connectivity index (χ3n) is 7.22. The van der Waals surface area contributed by atoms with Crippen molar-refractivity contribution in [2.24, 2.45) is 0 Å². The summed E-state index contributed by atoms with van der Waals surface area (Å²) in [7, 11) is 2.07. The van der Waals surface area contributed by atoms with Crippen LogP contribution in [0, 0.1) is 0 Å². The number of ether oxygens (including phenoxy) is 3. The van der Waals surface area contributed by atoms with Crippen molar-refractivity contribution in [2.45, 2.75) is 12.8 Å². The standard InChI is InChI=1S/C29H31N3O4/c1-30-14-16-35-28-19-22(5-11-26(28)30)21-4-10-25-27(18-21)36-20-32(29(25)33)23-6-8-24(9-7-23)34-17-15-31-12-2-3-13-31/h4-11,18-19H,2-3,12-17,20H2,1H3. The normalized spacial score (nSPS) is 17.3. The fraction of sp³-hybridized carbons (Fsp3) is 0.345. The molecular formula is C29H31N3O4. The molecule has 6 rings (SSSR count). The lowest BCUT2D eigenvalue weighted by Gasteiger charge is -2.29. The SMILES string of the molecule is CN1CCOc2cc(-c3ccc4c(c3)OCN(c3ccc(OCCN5CCCC5)cc3)C4=O)ccc21. The predicted molar refractivity (Wildman–Crippen MR) is 141 cm³/mol. The highest BCUT2D eigenvalue weighted by Gasteiger charge is 2.27. The number of carbonyl (C=O) groups excluding carboxylic acids is 1. The summed E-state index contributed by atoms with van der Waals surface area (Å²) in [6.07, 6.45) is 2.57. The van der Waals surface area contributed by atoms with E-state index in [0.717, 1.165) is 47.1 Å². The molecule has 7 heteroatoms. The number of rotatable bonds is 6. The molecule has 3 aliphatic rings. The molecule has 0 saturated carbocycles. The molecule has 0 aliphatic carbocycles. The third-order valence-corrected chi connectivity index (χ3v) is 7.22. The van der Waals surface area contributed by atoms with E-state index in [0.29, 0.717) is 24.5 Å². The molecular weight excluding hydrogens is 454 g/mol. The smallest absolute Gasteiger partial charge is 0.264 e. The van der Waals surface area contributed by atoms with Gasteiger partial charge in [-0.2, -0.15) is 0 Å². The van der Waals surface area contributed by atoms with E-state index in [4.69, 9.17) is 14.2 Å². The molecule has 0 atom stereocenters.